The topological polar surface area (TPSA) is 384 Å². The maximum Gasteiger partial charge on any atom is 0.481 e. The number of phosphoric acid groups is 3. The van der Waals surface area contributed by atoms with Crippen LogP contribution in [0.25, 0.3) is 11.2 Å². The Hall–Kier alpha value is -2.48. The van der Waals surface area contributed by atoms with E-state index in [4.69, 9.17) is 19.5 Å². The molecule has 1 aliphatic heterocycles. The molecule has 0 spiro atoms. The monoisotopic (exact) mass is 881 g/mol. The van der Waals surface area contributed by atoms with Crippen LogP contribution in [0.1, 0.15) is 46.8 Å². The van der Waals surface area contributed by atoms with Crippen LogP contribution in [-0.4, -0.2) is 134 Å². The van der Waals surface area contributed by atoms with Crippen LogP contribution in [-0.2, 0) is 50.7 Å². The highest BCUT2D eigenvalue weighted by Crippen LogP contribution is 2.61. The Bertz CT molecular complexity index is 1830. The van der Waals surface area contributed by atoms with E-state index in [-0.39, 0.29) is 48.2 Å². The average molecular weight is 882 g/mol. The largest absolute Gasteiger partial charge is 0.481 e. The van der Waals surface area contributed by atoms with Crippen LogP contribution in [0.5, 0.6) is 0 Å². The first-order chi connectivity index (χ1) is 25.9. The molecule has 3 rings (SSSR count). The molecular weight excluding hydrogens is 835 g/mol. The predicted molar refractivity (Wildman–Crippen MR) is 193 cm³/mol. The van der Waals surface area contributed by atoms with Gasteiger partial charge in [-0.2, -0.15) is 4.31 Å². The smallest absolute Gasteiger partial charge is 0.386 e. The number of rotatable bonds is 22. The lowest BCUT2D eigenvalue weighted by molar-refractivity contribution is -0.137. The lowest BCUT2D eigenvalue weighted by Gasteiger charge is -2.30. The summed E-state index contributed by atoms with van der Waals surface area (Å²) in [5.41, 5.74) is 4.23. The number of nitrogens with zero attached hydrogens (tertiary/aromatic N) is 4. The molecule has 4 unspecified atom stereocenters. The highest BCUT2D eigenvalue weighted by atomic mass is 32.2. The number of aliphatic hydroxyl groups is 3. The molecule has 9 atom stereocenters. The van der Waals surface area contributed by atoms with Crippen molar-refractivity contribution in [2.45, 2.75) is 77.3 Å². The van der Waals surface area contributed by atoms with Crippen LogP contribution in [0.2, 0.25) is 0 Å². The summed E-state index contributed by atoms with van der Waals surface area (Å²) in [4.78, 5) is 87.5. The molecule has 0 aromatic carbocycles. The van der Waals surface area contributed by atoms with Crippen molar-refractivity contribution in [3.63, 3.8) is 0 Å². The number of imidazole rings is 1. The van der Waals surface area contributed by atoms with Crippen molar-refractivity contribution in [1.82, 2.24) is 30.2 Å². The number of carbonyl (C=O) groups excluding carboxylic acids is 3. The molecule has 0 radical (unpaired) electrons. The Balaban J connectivity index is 1.49. The van der Waals surface area contributed by atoms with Crippen LogP contribution in [0, 0.1) is 11.3 Å². The lowest BCUT2D eigenvalue weighted by Crippen LogP contribution is -2.46. The van der Waals surface area contributed by atoms with Crippen molar-refractivity contribution >= 4 is 69.1 Å². The molecule has 56 heavy (non-hydrogen) atoms. The van der Waals surface area contributed by atoms with Gasteiger partial charge in [-0.15, -0.1) is 0 Å². The molecule has 0 bridgehead atoms. The fourth-order valence-electron chi connectivity index (χ4n) is 4.82. The third-order valence-corrected chi connectivity index (χ3v) is 12.2. The molecule has 1 saturated heterocycles. The van der Waals surface area contributed by atoms with E-state index in [0.29, 0.717) is 6.42 Å². The molecule has 25 nitrogen and oxygen atoms in total. The highest BCUT2D eigenvalue weighted by molar-refractivity contribution is 8.13. The summed E-state index contributed by atoms with van der Waals surface area (Å²) in [6, 6.07) is 0. The van der Waals surface area contributed by atoms with E-state index in [2.05, 4.69) is 34.4 Å². The summed E-state index contributed by atoms with van der Waals surface area (Å²) >= 11 is 0.872. The molecule has 2 aromatic heterocycles. The van der Waals surface area contributed by atoms with Gasteiger partial charge in [0.05, 0.1) is 19.5 Å². The van der Waals surface area contributed by atoms with E-state index < -0.39 is 95.8 Å². The first-order valence-corrected chi connectivity index (χ1v) is 22.1. The summed E-state index contributed by atoms with van der Waals surface area (Å²) in [5, 5.41) is 35.8. The quantitative estimate of drug-likeness (QED) is 0.0504. The van der Waals surface area contributed by atoms with Crippen molar-refractivity contribution in [1.29, 1.82) is 0 Å². The Kier molecular flexibility index (Phi) is 17.1. The third kappa shape index (κ3) is 13.8. The van der Waals surface area contributed by atoms with Gasteiger partial charge in [-0.05, 0) is 5.92 Å². The standard InChI is InChI=1S/C27H46N7O18P3S/c1-5-14(2)18(36)26(40)56-9-8-29-16(35)6-7-30-24(39)21(38)27(3,4)11-49-55(46,47)52-54(44,45)48-10-15-20(51-53(41,42)43)19(37)25(50-15)34-13-33-17-22(28)31-12-32-23(17)34/h12-15,18-21,25,36-38H,5-11H2,1-4H3,(H,29,35)(H,30,39)(H,44,45)(H,46,47)(H2,28,31,32)(H2,41,42,43)/t14?,15-,18?,19-,20-,21+,25-/m1/s1. The molecule has 1 aliphatic rings. The van der Waals surface area contributed by atoms with Gasteiger partial charge in [0.2, 0.25) is 16.9 Å². The van der Waals surface area contributed by atoms with Gasteiger partial charge in [-0.25, -0.2) is 28.6 Å². The van der Waals surface area contributed by atoms with Gasteiger partial charge < -0.3 is 56.0 Å². The number of anilines is 1. The number of ether oxygens (including phenoxy) is 1. The van der Waals surface area contributed by atoms with Crippen LogP contribution in [0.3, 0.4) is 0 Å². The predicted octanol–water partition coefficient (Wildman–Crippen LogP) is -0.928. The van der Waals surface area contributed by atoms with Crippen molar-refractivity contribution in [3.8, 4) is 0 Å². The molecule has 318 valence electrons. The minimum absolute atomic E-state index is 0.0255. The number of phosphoric ester groups is 3. The second-order valence-electron chi connectivity index (χ2n) is 13.1. The molecule has 2 aromatic rings. The summed E-state index contributed by atoms with van der Waals surface area (Å²) in [5.74, 6) is -1.53. The first-order valence-electron chi connectivity index (χ1n) is 16.6. The minimum atomic E-state index is -5.58. The summed E-state index contributed by atoms with van der Waals surface area (Å²) in [6.45, 7) is 3.89. The van der Waals surface area contributed by atoms with Crippen LogP contribution < -0.4 is 16.4 Å². The lowest BCUT2D eigenvalue weighted by atomic mass is 9.87. The van der Waals surface area contributed by atoms with E-state index in [1.165, 1.54) is 13.8 Å². The maximum absolute atomic E-state index is 12.7. The number of carbonyl (C=O) groups is 3. The molecule has 0 aliphatic carbocycles. The van der Waals surface area contributed by atoms with E-state index in [1.807, 2.05) is 6.92 Å². The normalized spacial score (nSPS) is 22.8. The zero-order valence-corrected chi connectivity index (χ0v) is 33.9. The number of fused-ring (bicyclic) bond motifs is 1. The number of hydrogen-bond acceptors (Lipinski definition) is 19. The number of nitrogen functional groups attached to an aromatic ring is 1. The van der Waals surface area contributed by atoms with Crippen molar-refractivity contribution < 1.29 is 85.6 Å². The summed E-state index contributed by atoms with van der Waals surface area (Å²) in [7, 11) is -16.4. The molecule has 3 heterocycles. The van der Waals surface area contributed by atoms with Gasteiger partial charge in [0, 0.05) is 30.7 Å². The fraction of sp³-hybridized carbons (Fsp3) is 0.704. The molecule has 0 saturated carbocycles. The van der Waals surface area contributed by atoms with Crippen molar-refractivity contribution in [3.05, 3.63) is 12.7 Å². The Labute approximate surface area is 323 Å². The second kappa shape index (κ2) is 20.0. The van der Waals surface area contributed by atoms with E-state index >= 15 is 0 Å². The number of nitrogens with two attached hydrogens (primary N) is 1. The molecule has 29 heteroatoms. The third-order valence-electron chi connectivity index (χ3n) is 8.17. The van der Waals surface area contributed by atoms with Crippen LogP contribution >= 0.6 is 35.2 Å². The summed E-state index contributed by atoms with van der Waals surface area (Å²) in [6.07, 6.45) is -7.50. The Morgan fingerprint density at radius 3 is 2.36 bits per heavy atom. The van der Waals surface area contributed by atoms with E-state index in [1.54, 1.807) is 6.92 Å². The number of hydrogen-bond donors (Lipinski definition) is 10. The van der Waals surface area contributed by atoms with E-state index in [0.717, 1.165) is 29.0 Å². The van der Waals surface area contributed by atoms with Gasteiger partial charge >= 0.3 is 23.5 Å². The van der Waals surface area contributed by atoms with Gasteiger partial charge in [-0.1, -0.05) is 45.9 Å². The Morgan fingerprint density at radius 2 is 1.71 bits per heavy atom. The van der Waals surface area contributed by atoms with Gasteiger partial charge in [0.1, 0.15) is 42.4 Å². The maximum atomic E-state index is 12.7. The van der Waals surface area contributed by atoms with Gasteiger partial charge in [0.25, 0.3) is 0 Å². The Morgan fingerprint density at radius 1 is 1.05 bits per heavy atom. The average Bonchev–Trinajstić information content (AvgIpc) is 3.67. The number of nitrogens with one attached hydrogen (secondary N) is 2. The van der Waals surface area contributed by atoms with Crippen LogP contribution in [0.4, 0.5) is 5.82 Å². The number of amides is 2. The molecule has 11 N–H and O–H groups in total. The number of thioether (sulfide) groups is 1. The van der Waals surface area contributed by atoms with Gasteiger partial charge in [0.15, 0.2) is 17.7 Å². The summed E-state index contributed by atoms with van der Waals surface area (Å²) < 4.78 is 62.0. The molecular formula is C27H46N7O18P3S. The highest BCUT2D eigenvalue weighted by Gasteiger charge is 2.50. The molecule has 1 fully saturated rings. The number of aromatic nitrogens is 4. The zero-order valence-electron chi connectivity index (χ0n) is 30.4. The SMILES string of the molecule is CCC(C)C(O)C(=O)SCCNC(=O)CCNC(=O)[C@H](O)C(C)(C)COP(=O)(O)OP(=O)(O)OC[C@H]1O[C@@H](n2cnc3c(N)ncnc32)[C@H](O)[C@@H]1OP(=O)(O)O. The van der Waals surface area contributed by atoms with Crippen molar-refractivity contribution in [2.75, 3.05) is 37.8 Å². The first kappa shape index (κ1) is 47.9. The second-order valence-corrected chi connectivity index (χ2v) is 18.4. The van der Waals surface area contributed by atoms with Gasteiger partial charge in [-0.3, -0.25) is 32.5 Å². The molecule has 2 amide bonds. The van der Waals surface area contributed by atoms with E-state index in [9.17, 15) is 63.0 Å². The zero-order chi connectivity index (χ0) is 42.2. The fourth-order valence-corrected chi connectivity index (χ4v) is 8.46. The minimum Gasteiger partial charge on any atom is -0.386 e. The van der Waals surface area contributed by atoms with Crippen LogP contribution in [0.15, 0.2) is 12.7 Å². The number of aliphatic hydroxyl groups excluding tert-OH is 3. The van der Waals surface area contributed by atoms with Crippen molar-refractivity contribution in [2.24, 2.45) is 11.3 Å².